The molecule has 120 valence electrons. The van der Waals surface area contributed by atoms with Gasteiger partial charge in [-0.15, -0.1) is 6.58 Å². The van der Waals surface area contributed by atoms with E-state index in [1.165, 1.54) is 0 Å². The Labute approximate surface area is 128 Å². The van der Waals surface area contributed by atoms with Crippen molar-refractivity contribution >= 4 is 14.3 Å². The van der Waals surface area contributed by atoms with Crippen LogP contribution in [-0.2, 0) is 14.0 Å². The largest absolute Gasteiger partial charge is 0.466 e. The third-order valence-corrected chi connectivity index (χ3v) is 5.99. The first-order chi connectivity index (χ1) is 9.70. The van der Waals surface area contributed by atoms with Gasteiger partial charge in [0.2, 0.25) is 0 Å². The SMILES string of the molecule is C=CC1(O[Si](C)(C)C)CC2C(O)CCC21CC(=O)OCC. The molecule has 21 heavy (non-hydrogen) atoms. The lowest BCUT2D eigenvalue weighted by atomic mass is 9.49. The van der Waals surface area contributed by atoms with Crippen LogP contribution in [0, 0.1) is 11.3 Å². The van der Waals surface area contributed by atoms with Crippen LogP contribution in [0.25, 0.3) is 0 Å². The first kappa shape index (κ1) is 16.7. The predicted octanol–water partition coefficient (Wildman–Crippen LogP) is 2.88. The molecule has 0 saturated heterocycles. The molecule has 2 saturated carbocycles. The van der Waals surface area contributed by atoms with Crippen molar-refractivity contribution in [1.82, 2.24) is 0 Å². The fourth-order valence-corrected chi connectivity index (χ4v) is 5.74. The van der Waals surface area contributed by atoms with E-state index in [1.807, 2.05) is 13.0 Å². The average Bonchev–Trinajstić information content (AvgIpc) is 2.61. The Morgan fingerprint density at radius 2 is 2.14 bits per heavy atom. The van der Waals surface area contributed by atoms with Crippen molar-refractivity contribution in [2.45, 2.75) is 64.0 Å². The minimum absolute atomic E-state index is 0.122. The lowest BCUT2D eigenvalue weighted by Crippen LogP contribution is -2.66. The number of hydrogen-bond acceptors (Lipinski definition) is 4. The van der Waals surface area contributed by atoms with Crippen molar-refractivity contribution < 1.29 is 19.1 Å². The molecule has 4 nitrogen and oxygen atoms in total. The first-order valence-electron chi connectivity index (χ1n) is 7.87. The molecule has 2 aliphatic carbocycles. The number of carbonyl (C=O) groups is 1. The molecule has 0 radical (unpaired) electrons. The molecule has 2 rings (SSSR count). The zero-order valence-corrected chi connectivity index (χ0v) is 14.6. The van der Waals surface area contributed by atoms with Crippen molar-refractivity contribution in [3.8, 4) is 0 Å². The molecule has 4 atom stereocenters. The molecule has 2 aliphatic rings. The lowest BCUT2D eigenvalue weighted by molar-refractivity contribution is -0.189. The van der Waals surface area contributed by atoms with Crippen LogP contribution >= 0.6 is 0 Å². The number of esters is 1. The van der Waals surface area contributed by atoms with E-state index in [9.17, 15) is 9.90 Å². The Kier molecular flexibility index (Phi) is 4.39. The van der Waals surface area contributed by atoms with Crippen LogP contribution < -0.4 is 0 Å². The minimum atomic E-state index is -1.79. The van der Waals surface area contributed by atoms with Gasteiger partial charge in [-0.25, -0.2) is 0 Å². The van der Waals surface area contributed by atoms with Gasteiger partial charge >= 0.3 is 5.97 Å². The summed E-state index contributed by atoms with van der Waals surface area (Å²) >= 11 is 0. The molecular formula is C16H28O4Si. The molecule has 0 aromatic carbocycles. The van der Waals surface area contributed by atoms with Crippen molar-refractivity contribution in [2.75, 3.05) is 6.61 Å². The summed E-state index contributed by atoms with van der Waals surface area (Å²) in [4.78, 5) is 12.1. The van der Waals surface area contributed by atoms with Crippen LogP contribution in [0.1, 0.15) is 32.6 Å². The molecule has 0 aromatic heterocycles. The molecule has 0 aliphatic heterocycles. The van der Waals surface area contributed by atoms with Gasteiger partial charge in [-0.2, -0.15) is 0 Å². The van der Waals surface area contributed by atoms with Crippen LogP contribution in [0.5, 0.6) is 0 Å². The molecule has 1 N–H and O–H groups in total. The molecule has 5 heteroatoms. The second-order valence-electron chi connectivity index (χ2n) is 7.36. The summed E-state index contributed by atoms with van der Waals surface area (Å²) in [6.45, 7) is 12.6. The number of fused-ring (bicyclic) bond motifs is 1. The van der Waals surface area contributed by atoms with E-state index in [2.05, 4.69) is 26.2 Å². The van der Waals surface area contributed by atoms with Gasteiger partial charge in [0.15, 0.2) is 8.32 Å². The summed E-state index contributed by atoms with van der Waals surface area (Å²) in [6, 6.07) is 0. The molecule has 0 heterocycles. The highest BCUT2D eigenvalue weighted by molar-refractivity contribution is 6.69. The molecule has 0 spiro atoms. The van der Waals surface area contributed by atoms with Gasteiger partial charge in [-0.1, -0.05) is 6.08 Å². The summed E-state index contributed by atoms with van der Waals surface area (Å²) in [5, 5.41) is 10.2. The zero-order chi connectivity index (χ0) is 15.9. The molecule has 2 fully saturated rings. The normalized spacial score (nSPS) is 38.5. The maximum absolute atomic E-state index is 12.1. The van der Waals surface area contributed by atoms with E-state index >= 15 is 0 Å². The van der Waals surface area contributed by atoms with Crippen LogP contribution in [0.15, 0.2) is 12.7 Å². The Hall–Kier alpha value is -0.653. The summed E-state index contributed by atoms with van der Waals surface area (Å²) in [5.74, 6) is -0.0713. The Balaban J connectivity index is 2.29. The fourth-order valence-electron chi connectivity index (χ4n) is 4.27. The maximum atomic E-state index is 12.1. The van der Waals surface area contributed by atoms with Crippen molar-refractivity contribution in [1.29, 1.82) is 0 Å². The van der Waals surface area contributed by atoms with Crippen LogP contribution in [0.3, 0.4) is 0 Å². The Morgan fingerprint density at radius 3 is 2.62 bits per heavy atom. The van der Waals surface area contributed by atoms with Gasteiger partial charge in [0.05, 0.1) is 24.7 Å². The van der Waals surface area contributed by atoms with Crippen molar-refractivity contribution in [3.05, 3.63) is 12.7 Å². The second kappa shape index (κ2) is 5.52. The zero-order valence-electron chi connectivity index (χ0n) is 13.6. The summed E-state index contributed by atoms with van der Waals surface area (Å²) in [7, 11) is -1.79. The van der Waals surface area contributed by atoms with Gasteiger partial charge in [0, 0.05) is 5.41 Å². The quantitative estimate of drug-likeness (QED) is 0.465. The van der Waals surface area contributed by atoms with E-state index in [1.54, 1.807) is 0 Å². The van der Waals surface area contributed by atoms with E-state index in [-0.39, 0.29) is 23.4 Å². The van der Waals surface area contributed by atoms with E-state index in [0.717, 1.165) is 19.3 Å². The summed E-state index contributed by atoms with van der Waals surface area (Å²) in [6.07, 6.45) is 4.15. The van der Waals surface area contributed by atoms with Crippen molar-refractivity contribution in [2.24, 2.45) is 11.3 Å². The third kappa shape index (κ3) is 2.71. The number of carbonyl (C=O) groups excluding carboxylic acids is 1. The van der Waals surface area contributed by atoms with Crippen molar-refractivity contribution in [3.63, 3.8) is 0 Å². The van der Waals surface area contributed by atoms with Crippen LogP contribution in [0.2, 0.25) is 19.6 Å². The van der Waals surface area contributed by atoms with Gasteiger partial charge < -0.3 is 14.3 Å². The summed E-state index contributed by atoms with van der Waals surface area (Å²) in [5.41, 5.74) is -0.812. The number of aliphatic hydroxyl groups excluding tert-OH is 1. The van der Waals surface area contributed by atoms with E-state index in [0.29, 0.717) is 13.0 Å². The third-order valence-electron chi connectivity index (χ3n) is 5.01. The standard InChI is InChI=1S/C16H28O4Si/c1-6-16(20-21(3,4)5)10-12-13(17)8-9-15(12,16)11-14(18)19-7-2/h6,12-13,17H,1,7-11H2,2-5H3. The topological polar surface area (TPSA) is 55.8 Å². The number of ether oxygens (including phenoxy) is 1. The molecule has 4 unspecified atom stereocenters. The second-order valence-corrected chi connectivity index (χ2v) is 11.8. The monoisotopic (exact) mass is 312 g/mol. The van der Waals surface area contributed by atoms with Crippen LogP contribution in [-0.4, -0.2) is 37.7 Å². The molecule has 0 bridgehead atoms. The molecule has 0 amide bonds. The van der Waals surface area contributed by atoms with E-state index < -0.39 is 13.9 Å². The van der Waals surface area contributed by atoms with Crippen LogP contribution in [0.4, 0.5) is 0 Å². The Bertz CT molecular complexity index is 430. The minimum Gasteiger partial charge on any atom is -0.466 e. The fraction of sp³-hybridized carbons (Fsp3) is 0.812. The van der Waals surface area contributed by atoms with Gasteiger partial charge in [0.25, 0.3) is 0 Å². The summed E-state index contributed by atoms with van der Waals surface area (Å²) < 4.78 is 11.6. The smallest absolute Gasteiger partial charge is 0.306 e. The Morgan fingerprint density at radius 1 is 1.48 bits per heavy atom. The average molecular weight is 312 g/mol. The molecule has 0 aromatic rings. The number of hydrogen-bond donors (Lipinski definition) is 1. The number of rotatable bonds is 6. The van der Waals surface area contributed by atoms with E-state index in [4.69, 9.17) is 9.16 Å². The highest BCUT2D eigenvalue weighted by Gasteiger charge is 2.70. The highest BCUT2D eigenvalue weighted by atomic mass is 28.4. The highest BCUT2D eigenvalue weighted by Crippen LogP contribution is 2.67. The van der Waals surface area contributed by atoms with Gasteiger partial charge in [0.1, 0.15) is 0 Å². The first-order valence-corrected chi connectivity index (χ1v) is 11.3. The molecular weight excluding hydrogens is 284 g/mol. The lowest BCUT2D eigenvalue weighted by Gasteiger charge is -2.62. The van der Waals surface area contributed by atoms with Gasteiger partial charge in [-0.3, -0.25) is 4.79 Å². The van der Waals surface area contributed by atoms with Gasteiger partial charge in [-0.05, 0) is 51.7 Å². The number of aliphatic hydroxyl groups is 1. The predicted molar refractivity (Wildman–Crippen MR) is 84.4 cm³/mol. The maximum Gasteiger partial charge on any atom is 0.306 e.